The second-order valence-corrected chi connectivity index (χ2v) is 8.66. The van der Waals surface area contributed by atoms with Crippen LogP contribution in [0, 0.1) is 0 Å². The molecule has 0 radical (unpaired) electrons. The van der Waals surface area contributed by atoms with Gasteiger partial charge in [0.05, 0.1) is 12.6 Å². The summed E-state index contributed by atoms with van der Waals surface area (Å²) in [6, 6.07) is 18.8. The van der Waals surface area contributed by atoms with Crippen molar-refractivity contribution in [3.05, 3.63) is 70.7 Å². The first-order valence-electron chi connectivity index (χ1n) is 9.98. The smallest absolute Gasteiger partial charge is 0.466 e. The molecule has 0 spiro atoms. The average molecular weight is 487 g/mol. The Bertz CT molecular complexity index is 863. The zero-order valence-corrected chi connectivity index (χ0v) is 19.1. The molecule has 4 N–H and O–H groups in total. The Balaban J connectivity index is 0.000000654. The van der Waals surface area contributed by atoms with E-state index in [1.807, 2.05) is 18.2 Å². The topological polar surface area (TPSA) is 131 Å². The summed E-state index contributed by atoms with van der Waals surface area (Å²) in [6.45, 7) is 4.75. The number of hydrogen-bond donors (Lipinski definition) is 4. The molecule has 0 unspecified atom stereocenters. The average Bonchev–Trinajstić information content (AvgIpc) is 2.73. The summed E-state index contributed by atoms with van der Waals surface area (Å²) in [6.07, 6.45) is 0. The van der Waals surface area contributed by atoms with Gasteiger partial charge in [-0.15, -0.1) is 0 Å². The normalized spacial score (nSPS) is 16.1. The first-order chi connectivity index (χ1) is 15.1. The molecule has 32 heavy (non-hydrogen) atoms. The minimum absolute atomic E-state index is 0.203. The van der Waals surface area contributed by atoms with Gasteiger partial charge in [-0.05, 0) is 23.3 Å². The molecule has 0 amide bonds. The van der Waals surface area contributed by atoms with E-state index in [1.165, 1.54) is 11.1 Å². The first-order valence-corrected chi connectivity index (χ1v) is 11.9. The quantitative estimate of drug-likeness (QED) is 0.327. The van der Waals surface area contributed by atoms with Gasteiger partial charge in [-0.25, -0.2) is 9.36 Å². The van der Waals surface area contributed by atoms with Crippen molar-refractivity contribution >= 4 is 25.4 Å². The van der Waals surface area contributed by atoms with Crippen LogP contribution in [0.4, 0.5) is 0 Å². The van der Waals surface area contributed by atoms with Crippen LogP contribution in [0.15, 0.2) is 54.6 Å². The fourth-order valence-corrected chi connectivity index (χ4v) is 3.62. The monoisotopic (exact) mass is 486 g/mol. The molecular weight excluding hydrogens is 459 g/mol. The molecule has 0 saturated carbocycles. The van der Waals surface area contributed by atoms with Crippen molar-refractivity contribution < 1.29 is 33.9 Å². The van der Waals surface area contributed by atoms with Gasteiger partial charge in [0.2, 0.25) is 0 Å². The van der Waals surface area contributed by atoms with Crippen molar-refractivity contribution in [3.8, 4) is 0 Å². The molecule has 1 aliphatic rings. The van der Waals surface area contributed by atoms with Crippen LogP contribution in [-0.2, 0) is 14.1 Å². The van der Waals surface area contributed by atoms with E-state index in [4.69, 9.17) is 40.7 Å². The second-order valence-electron chi connectivity index (χ2n) is 7.20. The number of aliphatic carboxylic acids is 1. The van der Waals surface area contributed by atoms with E-state index in [0.29, 0.717) is 6.61 Å². The number of carboxylic acids is 1. The van der Waals surface area contributed by atoms with E-state index in [2.05, 4.69) is 46.2 Å². The summed E-state index contributed by atoms with van der Waals surface area (Å²) in [5.41, 5.74) is 2.52. The van der Waals surface area contributed by atoms with Crippen LogP contribution in [0.25, 0.3) is 0 Å². The maximum Gasteiger partial charge on any atom is 0.466 e. The standard InChI is InChI=1S/C21H25ClN2O3.H3O4P/c22-19-8-6-18(7-9-19)21(17-4-2-1-3-5-17)24-12-10-23(11-13-24)14-15-27-16-20(25)26;1-5(2,3)4/h1-9,21H,10-16H2,(H,25,26);(H3,1,2,3,4)/t21-;/m1./s1. The van der Waals surface area contributed by atoms with Gasteiger partial charge >= 0.3 is 13.8 Å². The van der Waals surface area contributed by atoms with E-state index in [-0.39, 0.29) is 12.6 Å². The van der Waals surface area contributed by atoms with Crippen molar-refractivity contribution in [2.24, 2.45) is 0 Å². The molecule has 3 rings (SSSR count). The maximum atomic E-state index is 10.5. The summed E-state index contributed by atoms with van der Waals surface area (Å²) in [4.78, 5) is 36.9. The summed E-state index contributed by atoms with van der Waals surface area (Å²) in [7, 11) is -4.64. The third-order valence-corrected chi connectivity index (χ3v) is 5.10. The van der Waals surface area contributed by atoms with Gasteiger partial charge in [0, 0.05) is 37.7 Å². The predicted octanol–water partition coefficient (Wildman–Crippen LogP) is 2.22. The SMILES string of the molecule is O=C(O)COCCN1CCN([C@H](c2ccccc2)c2ccc(Cl)cc2)CC1.O=P(O)(O)O. The largest absolute Gasteiger partial charge is 0.480 e. The molecule has 1 aliphatic heterocycles. The fourth-order valence-electron chi connectivity index (χ4n) is 3.49. The lowest BCUT2D eigenvalue weighted by Gasteiger charge is -2.39. The van der Waals surface area contributed by atoms with Gasteiger partial charge in [0.25, 0.3) is 0 Å². The van der Waals surface area contributed by atoms with E-state index in [1.54, 1.807) is 0 Å². The van der Waals surface area contributed by atoms with Gasteiger partial charge in [0.15, 0.2) is 0 Å². The highest BCUT2D eigenvalue weighted by atomic mass is 35.5. The molecule has 9 nitrogen and oxygen atoms in total. The number of rotatable bonds is 8. The molecule has 0 bridgehead atoms. The van der Waals surface area contributed by atoms with Crippen LogP contribution in [-0.4, -0.2) is 81.5 Å². The molecule has 11 heteroatoms. The number of benzene rings is 2. The van der Waals surface area contributed by atoms with Crippen molar-refractivity contribution in [2.45, 2.75) is 6.04 Å². The highest BCUT2D eigenvalue weighted by Crippen LogP contribution is 2.30. The first kappa shape index (κ1) is 26.4. The van der Waals surface area contributed by atoms with Crippen LogP contribution >= 0.6 is 19.4 Å². The molecule has 1 atom stereocenters. The number of carbonyl (C=O) groups is 1. The van der Waals surface area contributed by atoms with E-state index in [0.717, 1.165) is 37.7 Å². The lowest BCUT2D eigenvalue weighted by molar-refractivity contribution is -0.142. The number of carboxylic acid groups (broad SMARTS) is 1. The lowest BCUT2D eigenvalue weighted by atomic mass is 9.96. The Labute approximate surface area is 192 Å². The third-order valence-electron chi connectivity index (χ3n) is 4.85. The molecule has 1 saturated heterocycles. The highest BCUT2D eigenvalue weighted by molar-refractivity contribution is 7.45. The van der Waals surface area contributed by atoms with Gasteiger partial charge in [-0.1, -0.05) is 54.1 Å². The highest BCUT2D eigenvalue weighted by Gasteiger charge is 2.26. The summed E-state index contributed by atoms with van der Waals surface area (Å²) >= 11 is 6.08. The molecule has 0 aliphatic carbocycles. The van der Waals surface area contributed by atoms with E-state index >= 15 is 0 Å². The number of nitrogens with zero attached hydrogens (tertiary/aromatic N) is 2. The van der Waals surface area contributed by atoms with E-state index in [9.17, 15) is 4.79 Å². The van der Waals surface area contributed by atoms with Crippen molar-refractivity contribution in [1.29, 1.82) is 0 Å². The van der Waals surface area contributed by atoms with Crippen LogP contribution in [0.1, 0.15) is 17.2 Å². The lowest BCUT2D eigenvalue weighted by Crippen LogP contribution is -2.48. The summed E-state index contributed by atoms with van der Waals surface area (Å²) in [5, 5.41) is 9.37. The summed E-state index contributed by atoms with van der Waals surface area (Å²) in [5.74, 6) is -0.923. The van der Waals surface area contributed by atoms with Gasteiger partial charge in [0.1, 0.15) is 6.61 Å². The predicted molar refractivity (Wildman–Crippen MR) is 120 cm³/mol. The second kappa shape index (κ2) is 13.0. The number of phosphoric acid groups is 1. The minimum Gasteiger partial charge on any atom is -0.480 e. The third kappa shape index (κ3) is 10.2. The summed E-state index contributed by atoms with van der Waals surface area (Å²) < 4.78 is 14.0. The van der Waals surface area contributed by atoms with Crippen molar-refractivity contribution in [2.75, 3.05) is 45.9 Å². The molecule has 2 aromatic carbocycles. The number of hydrogen-bond acceptors (Lipinski definition) is 5. The Morgan fingerprint density at radius 2 is 1.50 bits per heavy atom. The zero-order chi connectivity index (χ0) is 23.6. The molecule has 2 aromatic rings. The number of ether oxygens (including phenoxy) is 1. The molecule has 0 aromatic heterocycles. The van der Waals surface area contributed by atoms with Crippen molar-refractivity contribution in [1.82, 2.24) is 9.80 Å². The van der Waals surface area contributed by atoms with E-state index < -0.39 is 13.8 Å². The number of piperazine rings is 1. The van der Waals surface area contributed by atoms with Gasteiger partial charge < -0.3 is 24.5 Å². The van der Waals surface area contributed by atoms with Crippen LogP contribution < -0.4 is 0 Å². The Hall–Kier alpha value is -1.81. The number of halogens is 1. The van der Waals surface area contributed by atoms with Crippen molar-refractivity contribution in [3.63, 3.8) is 0 Å². The van der Waals surface area contributed by atoms with Gasteiger partial charge in [-0.2, -0.15) is 0 Å². The maximum absolute atomic E-state index is 10.5. The zero-order valence-electron chi connectivity index (χ0n) is 17.5. The molecule has 176 valence electrons. The molecule has 1 fully saturated rings. The molecular formula is C21H28ClN2O7P. The fraction of sp³-hybridized carbons (Fsp3) is 0.381. The molecule has 1 heterocycles. The minimum atomic E-state index is -4.64. The van der Waals surface area contributed by atoms with Crippen LogP contribution in [0.3, 0.4) is 0 Å². The van der Waals surface area contributed by atoms with Gasteiger partial charge in [-0.3, -0.25) is 9.80 Å². The van der Waals surface area contributed by atoms with Crippen LogP contribution in [0.5, 0.6) is 0 Å². The Kier molecular flexibility index (Phi) is 10.8. The van der Waals surface area contributed by atoms with Crippen LogP contribution in [0.2, 0.25) is 5.02 Å². The Morgan fingerprint density at radius 3 is 2.03 bits per heavy atom. The Morgan fingerprint density at radius 1 is 0.969 bits per heavy atom.